The van der Waals surface area contributed by atoms with Crippen molar-refractivity contribution < 1.29 is 4.39 Å². The molecule has 0 spiro atoms. The van der Waals surface area contributed by atoms with Gasteiger partial charge in [-0.1, -0.05) is 0 Å². The van der Waals surface area contributed by atoms with Gasteiger partial charge in [0.1, 0.15) is 11.5 Å². The fraction of sp³-hybridized carbons (Fsp3) is 0.200. The van der Waals surface area contributed by atoms with Gasteiger partial charge in [-0.15, -0.1) is 11.6 Å². The van der Waals surface area contributed by atoms with Crippen molar-refractivity contribution in [1.82, 2.24) is 0 Å². The van der Waals surface area contributed by atoms with Crippen LogP contribution in [0.1, 0.15) is 11.1 Å². The number of hydrogen-bond donors (Lipinski definition) is 1. The van der Waals surface area contributed by atoms with Crippen molar-refractivity contribution in [1.29, 1.82) is 5.26 Å². The Labute approximate surface area is 92.0 Å². The van der Waals surface area contributed by atoms with E-state index in [1.807, 2.05) is 6.07 Å². The van der Waals surface area contributed by atoms with E-state index in [-0.39, 0.29) is 28.5 Å². The first-order chi connectivity index (χ1) is 7.10. The van der Waals surface area contributed by atoms with Crippen LogP contribution < -0.4 is 5.73 Å². The average molecular weight is 226 g/mol. The summed E-state index contributed by atoms with van der Waals surface area (Å²) >= 11 is 5.42. The number of halogens is 2. The Morgan fingerprint density at radius 1 is 1.67 bits per heavy atom. The molecule has 0 bridgehead atoms. The van der Waals surface area contributed by atoms with Gasteiger partial charge in [0.25, 0.3) is 0 Å². The third-order valence-electron chi connectivity index (χ3n) is 1.89. The first-order valence-electron chi connectivity index (χ1n) is 4.18. The number of alkyl halides is 1. The minimum Gasteiger partial charge on any atom is -0.386 e. The molecule has 0 saturated carbocycles. The van der Waals surface area contributed by atoms with E-state index in [9.17, 15) is 4.39 Å². The highest BCUT2D eigenvalue weighted by molar-refractivity contribution is 6.28. The van der Waals surface area contributed by atoms with Crippen molar-refractivity contribution in [2.24, 2.45) is 10.7 Å². The van der Waals surface area contributed by atoms with Gasteiger partial charge in [-0.3, -0.25) is 0 Å². The third-order valence-corrected chi connectivity index (χ3v) is 2.16. The van der Waals surface area contributed by atoms with E-state index < -0.39 is 5.82 Å². The maximum absolute atomic E-state index is 13.6. The molecule has 0 heterocycles. The van der Waals surface area contributed by atoms with Crippen molar-refractivity contribution >= 4 is 23.1 Å². The normalized spacial score (nSPS) is 11.2. The van der Waals surface area contributed by atoms with E-state index in [2.05, 4.69) is 4.99 Å². The van der Waals surface area contributed by atoms with Gasteiger partial charge in [-0.25, -0.2) is 9.38 Å². The lowest BCUT2D eigenvalue weighted by Gasteiger charge is -2.03. The van der Waals surface area contributed by atoms with Gasteiger partial charge >= 0.3 is 0 Å². The number of nitrogens with two attached hydrogens (primary N) is 1. The highest BCUT2D eigenvalue weighted by atomic mass is 35.5. The predicted molar refractivity (Wildman–Crippen MR) is 57.9 cm³/mol. The Morgan fingerprint density at radius 2 is 2.33 bits per heavy atom. The molecule has 1 aromatic carbocycles. The van der Waals surface area contributed by atoms with Gasteiger partial charge in [-0.2, -0.15) is 5.26 Å². The van der Waals surface area contributed by atoms with Gasteiger partial charge in [0, 0.05) is 5.56 Å². The predicted octanol–water partition coefficient (Wildman–Crippen LogP) is 2.23. The number of nitriles is 1. The summed E-state index contributed by atoms with van der Waals surface area (Å²) < 4.78 is 13.6. The molecular formula is C10H9ClFN3. The molecular weight excluding hydrogens is 217 g/mol. The average Bonchev–Trinajstić information content (AvgIpc) is 2.25. The maximum Gasteiger partial charge on any atom is 0.153 e. The van der Waals surface area contributed by atoms with Gasteiger partial charge in [0.2, 0.25) is 0 Å². The van der Waals surface area contributed by atoms with Crippen molar-refractivity contribution in [3.63, 3.8) is 0 Å². The second-order valence-corrected chi connectivity index (χ2v) is 3.19. The summed E-state index contributed by atoms with van der Waals surface area (Å²) in [5.74, 6) is -0.361. The molecule has 3 nitrogen and oxygen atoms in total. The number of amidine groups is 1. The zero-order valence-electron chi connectivity index (χ0n) is 8.09. The molecule has 0 aliphatic carbocycles. The fourth-order valence-corrected chi connectivity index (χ4v) is 1.12. The number of rotatable bonds is 2. The Hall–Kier alpha value is -1.60. The minimum absolute atomic E-state index is 0.0402. The number of hydrogen-bond acceptors (Lipinski definition) is 2. The highest BCUT2D eigenvalue weighted by Gasteiger charge is 2.08. The topological polar surface area (TPSA) is 62.2 Å². The van der Waals surface area contributed by atoms with E-state index in [1.54, 1.807) is 0 Å². The van der Waals surface area contributed by atoms with Crippen LogP contribution in [0.4, 0.5) is 10.1 Å². The highest BCUT2D eigenvalue weighted by Crippen LogP contribution is 2.23. The fourth-order valence-electron chi connectivity index (χ4n) is 1.06. The summed E-state index contributed by atoms with van der Waals surface area (Å²) in [6.07, 6.45) is 0. The molecule has 0 aliphatic rings. The van der Waals surface area contributed by atoms with Crippen molar-refractivity contribution in [2.45, 2.75) is 6.92 Å². The molecule has 0 radical (unpaired) electrons. The van der Waals surface area contributed by atoms with Gasteiger partial charge < -0.3 is 5.73 Å². The largest absolute Gasteiger partial charge is 0.386 e. The Balaban J connectivity index is 3.25. The van der Waals surface area contributed by atoms with Crippen LogP contribution in [0.5, 0.6) is 0 Å². The van der Waals surface area contributed by atoms with Gasteiger partial charge in [0.05, 0.1) is 17.5 Å². The molecule has 0 unspecified atom stereocenters. The van der Waals surface area contributed by atoms with Crippen LogP contribution in [-0.2, 0) is 0 Å². The minimum atomic E-state index is -0.540. The second kappa shape index (κ2) is 4.76. The van der Waals surface area contributed by atoms with E-state index in [0.717, 1.165) is 0 Å². The second-order valence-electron chi connectivity index (χ2n) is 2.92. The van der Waals surface area contributed by atoms with Gasteiger partial charge in [-0.05, 0) is 19.1 Å². The lowest BCUT2D eigenvalue weighted by Crippen LogP contribution is -2.12. The van der Waals surface area contributed by atoms with Crippen LogP contribution in [0.25, 0.3) is 0 Å². The summed E-state index contributed by atoms with van der Waals surface area (Å²) in [6.45, 7) is 1.52. The SMILES string of the molecule is Cc1c(C#N)ccc(N=C(N)CCl)c1F. The van der Waals surface area contributed by atoms with Crippen LogP contribution >= 0.6 is 11.6 Å². The van der Waals surface area contributed by atoms with Crippen LogP contribution in [0.3, 0.4) is 0 Å². The van der Waals surface area contributed by atoms with Crippen molar-refractivity contribution in [3.8, 4) is 6.07 Å². The molecule has 0 atom stereocenters. The molecule has 78 valence electrons. The summed E-state index contributed by atoms with van der Waals surface area (Å²) in [7, 11) is 0. The smallest absolute Gasteiger partial charge is 0.153 e. The summed E-state index contributed by atoms with van der Waals surface area (Å²) in [5.41, 5.74) is 6.04. The van der Waals surface area contributed by atoms with Crippen LogP contribution in [-0.4, -0.2) is 11.7 Å². The maximum atomic E-state index is 13.6. The molecule has 5 heteroatoms. The van der Waals surface area contributed by atoms with Gasteiger partial charge in [0.15, 0.2) is 5.82 Å². The van der Waals surface area contributed by atoms with Crippen molar-refractivity contribution in [3.05, 3.63) is 29.1 Å². The standard InChI is InChI=1S/C10H9ClFN3/c1-6-7(5-13)2-3-8(10(6)12)15-9(14)4-11/h2-3H,4H2,1H3,(H2,14,15). The molecule has 1 rings (SSSR count). The zero-order chi connectivity index (χ0) is 11.4. The van der Waals surface area contributed by atoms with E-state index in [4.69, 9.17) is 22.6 Å². The molecule has 2 N–H and O–H groups in total. The molecule has 0 saturated heterocycles. The summed E-state index contributed by atoms with van der Waals surface area (Å²) in [4.78, 5) is 3.79. The lowest BCUT2D eigenvalue weighted by molar-refractivity contribution is 0.620. The quantitative estimate of drug-likeness (QED) is 0.477. The number of nitrogens with zero attached hydrogens (tertiary/aromatic N) is 2. The van der Waals surface area contributed by atoms with Crippen LogP contribution in [0, 0.1) is 24.1 Å². The van der Waals surface area contributed by atoms with E-state index >= 15 is 0 Å². The molecule has 1 aromatic rings. The lowest BCUT2D eigenvalue weighted by atomic mass is 10.1. The molecule has 0 aromatic heterocycles. The molecule has 15 heavy (non-hydrogen) atoms. The zero-order valence-corrected chi connectivity index (χ0v) is 8.85. The monoisotopic (exact) mass is 225 g/mol. The first-order valence-corrected chi connectivity index (χ1v) is 4.71. The van der Waals surface area contributed by atoms with E-state index in [1.165, 1.54) is 19.1 Å². The third kappa shape index (κ3) is 2.45. The Kier molecular flexibility index (Phi) is 3.64. The summed E-state index contributed by atoms with van der Waals surface area (Å²) in [5, 5.41) is 8.66. The first kappa shape index (κ1) is 11.5. The van der Waals surface area contributed by atoms with Crippen LogP contribution in [0.2, 0.25) is 0 Å². The molecule has 0 amide bonds. The Morgan fingerprint density at radius 3 is 2.87 bits per heavy atom. The molecule has 0 aliphatic heterocycles. The van der Waals surface area contributed by atoms with E-state index in [0.29, 0.717) is 0 Å². The number of benzene rings is 1. The molecule has 0 fully saturated rings. The Bertz CT molecular complexity index is 449. The van der Waals surface area contributed by atoms with Crippen molar-refractivity contribution in [2.75, 3.05) is 5.88 Å². The number of aliphatic imine (C=N–C) groups is 1. The summed E-state index contributed by atoms with van der Waals surface area (Å²) in [6, 6.07) is 4.79. The van der Waals surface area contributed by atoms with Crippen LogP contribution in [0.15, 0.2) is 17.1 Å².